The molecule has 1 N–H and O–H groups in total. The van der Waals surface area contributed by atoms with E-state index >= 15 is 0 Å². The number of hydrogen-bond donors (Lipinski definition) is 1. The highest BCUT2D eigenvalue weighted by Gasteiger charge is 2.18. The SMILES string of the molecule is C[C@H](NCc1ccccn1)c1ccc(N2CCN(C)CC2)c(F)c1. The van der Waals surface area contributed by atoms with Crippen molar-refractivity contribution in [2.45, 2.75) is 19.5 Å². The number of aromatic nitrogens is 1. The molecule has 0 unspecified atom stereocenters. The van der Waals surface area contributed by atoms with Gasteiger partial charge in [-0.1, -0.05) is 12.1 Å². The minimum Gasteiger partial charge on any atom is -0.367 e. The Morgan fingerprint density at radius 3 is 2.62 bits per heavy atom. The average molecular weight is 328 g/mol. The second kappa shape index (κ2) is 7.73. The zero-order valence-electron chi connectivity index (χ0n) is 14.4. The second-order valence-corrected chi connectivity index (χ2v) is 6.42. The van der Waals surface area contributed by atoms with E-state index in [0.29, 0.717) is 12.2 Å². The summed E-state index contributed by atoms with van der Waals surface area (Å²) in [5.41, 5.74) is 2.66. The molecule has 0 radical (unpaired) electrons. The Kier molecular flexibility index (Phi) is 5.43. The number of hydrogen-bond acceptors (Lipinski definition) is 4. The number of nitrogens with one attached hydrogen (secondary N) is 1. The van der Waals surface area contributed by atoms with Crippen LogP contribution >= 0.6 is 0 Å². The molecule has 0 spiro atoms. The molecule has 1 aliphatic heterocycles. The number of halogens is 1. The van der Waals surface area contributed by atoms with E-state index in [1.807, 2.05) is 37.3 Å². The predicted molar refractivity (Wildman–Crippen MR) is 95.6 cm³/mol. The van der Waals surface area contributed by atoms with Gasteiger partial charge in [0.25, 0.3) is 0 Å². The molecule has 1 atom stereocenters. The molecule has 1 aromatic carbocycles. The molecular weight excluding hydrogens is 303 g/mol. The predicted octanol–water partition coefficient (Wildman–Crippen LogP) is 2.82. The van der Waals surface area contributed by atoms with Crippen LogP contribution in [0.2, 0.25) is 0 Å². The van der Waals surface area contributed by atoms with Crippen molar-refractivity contribution in [3.8, 4) is 0 Å². The highest BCUT2D eigenvalue weighted by atomic mass is 19.1. The standard InChI is InChI=1S/C19H25FN4/c1-15(22-14-17-5-3-4-8-21-17)16-6-7-19(18(20)13-16)24-11-9-23(2)10-12-24/h3-8,13,15,22H,9-12,14H2,1-2H3/t15-/m0/s1. The maximum absolute atomic E-state index is 14.6. The van der Waals surface area contributed by atoms with Crippen molar-refractivity contribution in [2.75, 3.05) is 38.1 Å². The fourth-order valence-electron chi connectivity index (χ4n) is 2.97. The first-order valence-corrected chi connectivity index (χ1v) is 8.50. The van der Waals surface area contributed by atoms with Gasteiger partial charge < -0.3 is 15.1 Å². The van der Waals surface area contributed by atoms with Gasteiger partial charge in [-0.25, -0.2) is 4.39 Å². The molecule has 24 heavy (non-hydrogen) atoms. The van der Waals surface area contributed by atoms with Crippen LogP contribution < -0.4 is 10.2 Å². The van der Waals surface area contributed by atoms with E-state index in [2.05, 4.69) is 27.1 Å². The van der Waals surface area contributed by atoms with Crippen molar-refractivity contribution in [3.05, 3.63) is 59.7 Å². The Hall–Kier alpha value is -1.98. The molecule has 4 nitrogen and oxygen atoms in total. The van der Waals surface area contributed by atoms with Crippen molar-refractivity contribution in [1.82, 2.24) is 15.2 Å². The topological polar surface area (TPSA) is 31.4 Å². The molecule has 2 aromatic rings. The van der Waals surface area contributed by atoms with Crippen LogP contribution in [-0.2, 0) is 6.54 Å². The Labute approximate surface area is 143 Å². The lowest BCUT2D eigenvalue weighted by Gasteiger charge is -2.34. The van der Waals surface area contributed by atoms with Gasteiger partial charge in [-0.05, 0) is 43.8 Å². The fraction of sp³-hybridized carbons (Fsp3) is 0.421. The number of nitrogens with zero attached hydrogens (tertiary/aromatic N) is 3. The molecule has 0 saturated carbocycles. The third kappa shape index (κ3) is 4.10. The van der Waals surface area contributed by atoms with Gasteiger partial charge in [-0.3, -0.25) is 4.98 Å². The summed E-state index contributed by atoms with van der Waals surface area (Å²) in [6, 6.07) is 11.5. The van der Waals surface area contributed by atoms with Crippen LogP contribution in [0.5, 0.6) is 0 Å². The molecule has 1 aliphatic rings. The maximum atomic E-state index is 14.6. The second-order valence-electron chi connectivity index (χ2n) is 6.42. The highest BCUT2D eigenvalue weighted by Crippen LogP contribution is 2.24. The summed E-state index contributed by atoms with van der Waals surface area (Å²) in [7, 11) is 2.10. The smallest absolute Gasteiger partial charge is 0.146 e. The summed E-state index contributed by atoms with van der Waals surface area (Å²) in [5, 5.41) is 3.40. The van der Waals surface area contributed by atoms with E-state index < -0.39 is 0 Å². The van der Waals surface area contributed by atoms with Gasteiger partial charge in [0.2, 0.25) is 0 Å². The lowest BCUT2D eigenvalue weighted by molar-refractivity contribution is 0.311. The molecule has 0 amide bonds. The number of likely N-dealkylation sites (N-methyl/N-ethyl adjacent to an activating group) is 1. The van der Waals surface area contributed by atoms with Crippen molar-refractivity contribution >= 4 is 5.69 Å². The minimum absolute atomic E-state index is 0.0723. The third-order valence-corrected chi connectivity index (χ3v) is 4.63. The lowest BCUT2D eigenvalue weighted by Crippen LogP contribution is -2.44. The van der Waals surface area contributed by atoms with Gasteiger partial charge in [0.15, 0.2) is 0 Å². The Balaban J connectivity index is 1.63. The van der Waals surface area contributed by atoms with E-state index in [1.54, 1.807) is 12.3 Å². The Morgan fingerprint density at radius 2 is 1.96 bits per heavy atom. The summed E-state index contributed by atoms with van der Waals surface area (Å²) >= 11 is 0. The van der Waals surface area contributed by atoms with E-state index in [-0.39, 0.29) is 11.9 Å². The van der Waals surface area contributed by atoms with Crippen molar-refractivity contribution < 1.29 is 4.39 Å². The summed E-state index contributed by atoms with van der Waals surface area (Å²) in [5.74, 6) is -0.136. The summed E-state index contributed by atoms with van der Waals surface area (Å²) in [6.07, 6.45) is 1.78. The van der Waals surface area contributed by atoms with Crippen LogP contribution in [-0.4, -0.2) is 43.1 Å². The summed E-state index contributed by atoms with van der Waals surface area (Å²) in [6.45, 7) is 6.42. The van der Waals surface area contributed by atoms with Crippen LogP contribution in [0.1, 0.15) is 24.2 Å². The largest absolute Gasteiger partial charge is 0.367 e. The number of benzene rings is 1. The van der Waals surface area contributed by atoms with Crippen LogP contribution in [0, 0.1) is 5.82 Å². The summed E-state index contributed by atoms with van der Waals surface area (Å²) in [4.78, 5) is 8.70. The normalized spacial score (nSPS) is 17.0. The lowest BCUT2D eigenvalue weighted by atomic mass is 10.1. The monoisotopic (exact) mass is 328 g/mol. The van der Waals surface area contributed by atoms with Crippen LogP contribution in [0.4, 0.5) is 10.1 Å². The third-order valence-electron chi connectivity index (χ3n) is 4.63. The number of anilines is 1. The minimum atomic E-state index is -0.136. The van der Waals surface area contributed by atoms with Crippen LogP contribution in [0.15, 0.2) is 42.6 Å². The van der Waals surface area contributed by atoms with Crippen molar-refractivity contribution in [2.24, 2.45) is 0 Å². The zero-order valence-corrected chi connectivity index (χ0v) is 14.4. The molecule has 0 aliphatic carbocycles. The van der Waals surface area contributed by atoms with E-state index in [9.17, 15) is 4.39 Å². The van der Waals surface area contributed by atoms with Gasteiger partial charge in [0.05, 0.1) is 11.4 Å². The number of piperazine rings is 1. The zero-order chi connectivity index (χ0) is 16.9. The molecule has 1 fully saturated rings. The molecule has 1 aromatic heterocycles. The first-order chi connectivity index (χ1) is 11.6. The van der Waals surface area contributed by atoms with Gasteiger partial charge in [-0.2, -0.15) is 0 Å². The highest BCUT2D eigenvalue weighted by molar-refractivity contribution is 5.50. The average Bonchev–Trinajstić information content (AvgIpc) is 2.61. The van der Waals surface area contributed by atoms with Gasteiger partial charge in [0.1, 0.15) is 5.82 Å². The van der Waals surface area contributed by atoms with Crippen molar-refractivity contribution in [3.63, 3.8) is 0 Å². The maximum Gasteiger partial charge on any atom is 0.146 e. The molecule has 5 heteroatoms. The molecule has 0 bridgehead atoms. The molecular formula is C19H25FN4. The van der Waals surface area contributed by atoms with E-state index in [4.69, 9.17) is 0 Å². The number of rotatable bonds is 5. The molecule has 128 valence electrons. The Morgan fingerprint density at radius 1 is 1.17 bits per heavy atom. The van der Waals surface area contributed by atoms with Gasteiger partial charge in [-0.15, -0.1) is 0 Å². The molecule has 1 saturated heterocycles. The molecule has 3 rings (SSSR count). The Bertz CT molecular complexity index is 654. The first kappa shape index (κ1) is 16.9. The quantitative estimate of drug-likeness (QED) is 0.914. The summed E-state index contributed by atoms with van der Waals surface area (Å²) < 4.78 is 14.6. The van der Waals surface area contributed by atoms with E-state index in [1.165, 1.54) is 0 Å². The van der Waals surface area contributed by atoms with Crippen molar-refractivity contribution in [1.29, 1.82) is 0 Å². The number of pyridine rings is 1. The molecule has 2 heterocycles. The fourth-order valence-corrected chi connectivity index (χ4v) is 2.97. The van der Waals surface area contributed by atoms with Gasteiger partial charge in [0, 0.05) is 45.0 Å². The van der Waals surface area contributed by atoms with E-state index in [0.717, 1.165) is 37.4 Å². The first-order valence-electron chi connectivity index (χ1n) is 8.50. The van der Waals surface area contributed by atoms with Crippen LogP contribution in [0.25, 0.3) is 0 Å². The van der Waals surface area contributed by atoms with Gasteiger partial charge >= 0.3 is 0 Å². The van der Waals surface area contributed by atoms with Crippen LogP contribution in [0.3, 0.4) is 0 Å².